The Morgan fingerprint density at radius 3 is 1.81 bits per heavy atom. The molecule has 0 aromatic rings. The summed E-state index contributed by atoms with van der Waals surface area (Å²) in [7, 11) is 0. The average Bonchev–Trinajstić information content (AvgIpc) is 2.74. The lowest BCUT2D eigenvalue weighted by Crippen LogP contribution is -2.48. The summed E-state index contributed by atoms with van der Waals surface area (Å²) in [6, 6.07) is -1.18. The minimum absolute atomic E-state index is 0.0389. The van der Waals surface area contributed by atoms with E-state index in [9.17, 15) is 14.4 Å². The van der Waals surface area contributed by atoms with Crippen LogP contribution in [0.15, 0.2) is 0 Å². The molecule has 0 aliphatic carbocycles. The van der Waals surface area contributed by atoms with E-state index in [1.807, 2.05) is 41.5 Å². The van der Waals surface area contributed by atoms with Gasteiger partial charge < -0.3 is 16.8 Å². The lowest BCUT2D eigenvalue weighted by atomic mass is 9.84. The molecular weight excluding hydrogens is 402 g/mol. The van der Waals surface area contributed by atoms with Crippen LogP contribution >= 0.6 is 0 Å². The van der Waals surface area contributed by atoms with Crippen molar-refractivity contribution in [3.8, 4) is 0 Å². The Kier molecular flexibility index (Phi) is 14.4. The highest BCUT2D eigenvalue weighted by molar-refractivity contribution is 5.87. The van der Waals surface area contributed by atoms with E-state index in [0.717, 1.165) is 19.3 Å². The molecule has 0 fully saturated rings. The predicted molar refractivity (Wildman–Crippen MR) is 133 cm³/mol. The molecule has 0 aliphatic rings. The molecule has 0 saturated heterocycles. The van der Waals surface area contributed by atoms with Gasteiger partial charge in [0, 0.05) is 24.3 Å². The summed E-state index contributed by atoms with van der Waals surface area (Å²) in [5, 5.41) is 3.38. The molecule has 0 amide bonds. The highest BCUT2D eigenvalue weighted by atomic mass is 16.1. The Balaban J connectivity index is 4.89. The molecule has 0 saturated carbocycles. The number of ketones is 3. The van der Waals surface area contributed by atoms with Crippen molar-refractivity contribution in [2.75, 3.05) is 6.54 Å². The van der Waals surface area contributed by atoms with Gasteiger partial charge in [0.1, 0.15) is 0 Å². The van der Waals surface area contributed by atoms with Crippen LogP contribution in [0.5, 0.6) is 0 Å². The van der Waals surface area contributed by atoms with Crippen molar-refractivity contribution in [2.45, 2.75) is 106 Å². The normalized spacial score (nSPS) is 18.7. The highest BCUT2D eigenvalue weighted by Gasteiger charge is 2.30. The third-order valence-electron chi connectivity index (χ3n) is 6.86. The third-order valence-corrected chi connectivity index (χ3v) is 6.86. The first kappa shape index (κ1) is 30.9. The van der Waals surface area contributed by atoms with Crippen molar-refractivity contribution in [2.24, 2.45) is 47.0 Å². The first-order valence-electron chi connectivity index (χ1n) is 12.6. The van der Waals surface area contributed by atoms with Crippen molar-refractivity contribution < 1.29 is 14.4 Å². The molecule has 5 N–H and O–H groups in total. The molecular formula is C26H51N3O3. The number of nitrogens with one attached hydrogen (secondary N) is 1. The molecule has 4 unspecified atom stereocenters. The van der Waals surface area contributed by atoms with Crippen LogP contribution in [0.1, 0.15) is 88.0 Å². The maximum atomic E-state index is 13.2. The Bertz CT molecular complexity index is 591. The molecule has 7 atom stereocenters. The molecule has 0 heterocycles. The van der Waals surface area contributed by atoms with Gasteiger partial charge in [-0.05, 0) is 37.0 Å². The van der Waals surface area contributed by atoms with Crippen LogP contribution in [0.25, 0.3) is 0 Å². The molecule has 32 heavy (non-hydrogen) atoms. The summed E-state index contributed by atoms with van der Waals surface area (Å²) in [4.78, 5) is 37.8. The van der Waals surface area contributed by atoms with E-state index in [2.05, 4.69) is 26.1 Å². The van der Waals surface area contributed by atoms with Gasteiger partial charge in [0.05, 0.1) is 18.1 Å². The van der Waals surface area contributed by atoms with Gasteiger partial charge in [0.2, 0.25) is 0 Å². The molecule has 0 bridgehead atoms. The van der Waals surface area contributed by atoms with E-state index >= 15 is 0 Å². The number of rotatable bonds is 17. The zero-order chi connectivity index (χ0) is 25.2. The molecule has 6 nitrogen and oxygen atoms in total. The lowest BCUT2D eigenvalue weighted by molar-refractivity contribution is -0.127. The predicted octanol–water partition coefficient (Wildman–Crippen LogP) is 3.74. The fraction of sp³-hybridized carbons (Fsp3) is 0.885. The fourth-order valence-electron chi connectivity index (χ4n) is 3.96. The Morgan fingerprint density at radius 1 is 0.781 bits per heavy atom. The van der Waals surface area contributed by atoms with Gasteiger partial charge in [-0.15, -0.1) is 0 Å². The van der Waals surface area contributed by atoms with Gasteiger partial charge in [0.25, 0.3) is 0 Å². The average molecular weight is 454 g/mol. The van der Waals surface area contributed by atoms with Crippen LogP contribution in [0, 0.1) is 35.5 Å². The number of carbonyl (C=O) groups excluding carboxylic acids is 3. The van der Waals surface area contributed by atoms with Crippen LogP contribution in [0.4, 0.5) is 0 Å². The second kappa shape index (κ2) is 14.9. The van der Waals surface area contributed by atoms with Gasteiger partial charge in [0.15, 0.2) is 17.3 Å². The first-order valence-corrected chi connectivity index (χ1v) is 12.6. The van der Waals surface area contributed by atoms with Crippen molar-refractivity contribution in [1.29, 1.82) is 0 Å². The maximum Gasteiger partial charge on any atom is 0.153 e. The summed E-state index contributed by atoms with van der Waals surface area (Å²) in [5.74, 6) is 0.523. The third kappa shape index (κ3) is 10.2. The number of carbonyl (C=O) groups is 3. The topological polar surface area (TPSA) is 115 Å². The Hall–Kier alpha value is -1.11. The van der Waals surface area contributed by atoms with Gasteiger partial charge in [-0.3, -0.25) is 14.4 Å². The zero-order valence-electron chi connectivity index (χ0n) is 22.1. The van der Waals surface area contributed by atoms with Crippen molar-refractivity contribution >= 4 is 17.3 Å². The fourth-order valence-corrected chi connectivity index (χ4v) is 3.96. The summed E-state index contributed by atoms with van der Waals surface area (Å²) >= 11 is 0. The van der Waals surface area contributed by atoms with E-state index in [-0.39, 0.29) is 58.9 Å². The van der Waals surface area contributed by atoms with E-state index in [0.29, 0.717) is 13.0 Å². The molecule has 0 aromatic carbocycles. The number of Topliss-reactive ketones (excluding diaryl/α,β-unsaturated/α-hetero) is 3. The molecule has 6 heteroatoms. The standard InChI is InChI=1S/C26H51N3O3/c1-10-18(7)23(29-14-20(9)25(31)22(28)15(2)3)26(32)19(8)12-11-17(6)13-21(27)24(30)16(4)5/h15-23,29H,10-14,27-28H2,1-9H3/t17?,18?,19?,20?,21-,22-,23-/m0/s1. The summed E-state index contributed by atoms with van der Waals surface area (Å²) in [5.41, 5.74) is 12.1. The van der Waals surface area contributed by atoms with Crippen molar-refractivity contribution in [1.82, 2.24) is 5.32 Å². The Morgan fingerprint density at radius 2 is 1.34 bits per heavy atom. The summed E-state index contributed by atoms with van der Waals surface area (Å²) < 4.78 is 0. The minimum Gasteiger partial charge on any atom is -0.321 e. The van der Waals surface area contributed by atoms with Gasteiger partial charge >= 0.3 is 0 Å². The van der Waals surface area contributed by atoms with Crippen LogP contribution in [0.2, 0.25) is 0 Å². The largest absolute Gasteiger partial charge is 0.321 e. The molecule has 0 aromatic heterocycles. The van der Waals surface area contributed by atoms with E-state index in [4.69, 9.17) is 11.5 Å². The molecule has 0 radical (unpaired) electrons. The Labute approximate surface area is 197 Å². The van der Waals surface area contributed by atoms with Gasteiger partial charge in [-0.1, -0.05) is 68.7 Å². The van der Waals surface area contributed by atoms with Crippen molar-refractivity contribution in [3.05, 3.63) is 0 Å². The quantitative estimate of drug-likeness (QED) is 0.309. The zero-order valence-corrected chi connectivity index (χ0v) is 22.1. The maximum absolute atomic E-state index is 13.2. The highest BCUT2D eigenvalue weighted by Crippen LogP contribution is 2.22. The molecule has 0 spiro atoms. The number of hydrogen-bond acceptors (Lipinski definition) is 6. The summed E-state index contributed by atoms with van der Waals surface area (Å²) in [6.45, 7) is 18.2. The van der Waals surface area contributed by atoms with Gasteiger partial charge in [-0.2, -0.15) is 0 Å². The monoisotopic (exact) mass is 453 g/mol. The van der Waals surface area contributed by atoms with E-state index < -0.39 is 12.1 Å². The second-order valence-corrected chi connectivity index (χ2v) is 10.7. The summed E-state index contributed by atoms with van der Waals surface area (Å²) in [6.07, 6.45) is 3.16. The minimum atomic E-state index is -0.473. The van der Waals surface area contributed by atoms with E-state index in [1.54, 1.807) is 0 Å². The molecule has 0 aliphatic heterocycles. The number of hydrogen-bond donors (Lipinski definition) is 3. The first-order chi connectivity index (χ1) is 14.7. The van der Waals surface area contributed by atoms with Crippen LogP contribution < -0.4 is 16.8 Å². The smallest absolute Gasteiger partial charge is 0.153 e. The van der Waals surface area contributed by atoms with Crippen LogP contribution in [0.3, 0.4) is 0 Å². The lowest BCUT2D eigenvalue weighted by Gasteiger charge is -2.28. The van der Waals surface area contributed by atoms with E-state index in [1.165, 1.54) is 0 Å². The molecule has 0 rings (SSSR count). The number of nitrogens with two attached hydrogens (primary N) is 2. The molecule has 188 valence electrons. The van der Waals surface area contributed by atoms with Crippen molar-refractivity contribution in [3.63, 3.8) is 0 Å². The van der Waals surface area contributed by atoms with Gasteiger partial charge in [-0.25, -0.2) is 0 Å². The van der Waals surface area contributed by atoms with Crippen LogP contribution in [-0.4, -0.2) is 42.0 Å². The second-order valence-electron chi connectivity index (χ2n) is 10.7. The SMILES string of the molecule is CCC(C)[C@H](NCC(C)C(=O)[C@@H](N)C(C)C)C(=O)C(C)CCC(C)C[C@H](N)C(=O)C(C)C. The van der Waals surface area contributed by atoms with Crippen LogP contribution in [-0.2, 0) is 14.4 Å².